The molecule has 4 heteroatoms. The first-order valence-electron chi connectivity index (χ1n) is 4.52. The number of hydrogen-bond acceptors (Lipinski definition) is 3. The molecule has 0 amide bonds. The van der Waals surface area contributed by atoms with Crippen LogP contribution in [-0.2, 0) is 4.74 Å². The van der Waals surface area contributed by atoms with Crippen molar-refractivity contribution in [2.75, 3.05) is 7.11 Å². The molecule has 0 radical (unpaired) electrons. The Labute approximate surface area is 91.8 Å². The molecule has 1 aromatic rings. The molecule has 14 heavy (non-hydrogen) atoms. The van der Waals surface area contributed by atoms with E-state index in [2.05, 4.69) is 0 Å². The van der Waals surface area contributed by atoms with Crippen molar-refractivity contribution < 1.29 is 9.53 Å². The maximum Gasteiger partial charge on any atom is 0.206 e. The van der Waals surface area contributed by atoms with Crippen LogP contribution >= 0.6 is 22.9 Å². The largest absolute Gasteiger partial charge is 0.370 e. The highest BCUT2D eigenvalue weighted by molar-refractivity contribution is 7.12. The molecule has 1 fully saturated rings. The van der Waals surface area contributed by atoms with E-state index in [-0.39, 0.29) is 5.78 Å². The average molecular weight is 231 g/mol. The van der Waals surface area contributed by atoms with Crippen LogP contribution in [0.25, 0.3) is 0 Å². The molecule has 0 aliphatic heterocycles. The van der Waals surface area contributed by atoms with Crippen LogP contribution in [0.1, 0.15) is 28.9 Å². The molecular formula is C10H11ClO2S. The highest BCUT2D eigenvalue weighted by atomic mass is 35.5. The quantitative estimate of drug-likeness (QED) is 0.746. The predicted molar refractivity (Wildman–Crippen MR) is 57.3 cm³/mol. The number of Topliss-reactive ketones (excluding diaryl/α,β-unsaturated/α-hetero) is 1. The molecule has 0 bridgehead atoms. The minimum Gasteiger partial charge on any atom is -0.370 e. The Morgan fingerprint density at radius 1 is 1.64 bits per heavy atom. The third kappa shape index (κ3) is 1.40. The number of rotatable bonds is 3. The van der Waals surface area contributed by atoms with Gasteiger partial charge in [-0.3, -0.25) is 4.79 Å². The van der Waals surface area contributed by atoms with E-state index >= 15 is 0 Å². The lowest BCUT2D eigenvalue weighted by Crippen LogP contribution is -2.46. The lowest BCUT2D eigenvalue weighted by atomic mass is 9.76. The van der Waals surface area contributed by atoms with Gasteiger partial charge in [-0.1, -0.05) is 11.6 Å². The zero-order valence-corrected chi connectivity index (χ0v) is 9.45. The van der Waals surface area contributed by atoms with Gasteiger partial charge in [0.25, 0.3) is 0 Å². The van der Waals surface area contributed by atoms with Gasteiger partial charge in [0.05, 0.1) is 9.90 Å². The molecule has 1 heterocycles. The minimum absolute atomic E-state index is 0.0475. The van der Waals surface area contributed by atoms with Crippen LogP contribution in [0.2, 0.25) is 5.02 Å². The second-order valence-corrected chi connectivity index (χ2v) is 4.80. The van der Waals surface area contributed by atoms with Gasteiger partial charge in [-0.25, -0.2) is 0 Å². The van der Waals surface area contributed by atoms with Crippen LogP contribution in [0.15, 0.2) is 11.4 Å². The molecule has 1 aliphatic carbocycles. The van der Waals surface area contributed by atoms with Gasteiger partial charge in [-0.15, -0.1) is 11.3 Å². The van der Waals surface area contributed by atoms with Crippen molar-refractivity contribution in [3.05, 3.63) is 21.3 Å². The third-order valence-electron chi connectivity index (χ3n) is 2.79. The van der Waals surface area contributed by atoms with Crippen molar-refractivity contribution >= 4 is 28.7 Å². The summed E-state index contributed by atoms with van der Waals surface area (Å²) in [6.07, 6.45) is 2.69. The maximum atomic E-state index is 12.1. The Morgan fingerprint density at radius 3 is 2.71 bits per heavy atom. The summed E-state index contributed by atoms with van der Waals surface area (Å²) < 4.78 is 5.31. The molecule has 76 valence electrons. The SMILES string of the molecule is COC1(C(=O)c2sccc2Cl)CCC1. The highest BCUT2D eigenvalue weighted by Crippen LogP contribution is 2.40. The fourth-order valence-electron chi connectivity index (χ4n) is 1.68. The molecule has 0 N–H and O–H groups in total. The summed E-state index contributed by atoms with van der Waals surface area (Å²) in [5, 5.41) is 2.38. The van der Waals surface area contributed by atoms with Gasteiger partial charge in [0.1, 0.15) is 5.60 Å². The molecule has 2 nitrogen and oxygen atoms in total. The maximum absolute atomic E-state index is 12.1. The molecule has 0 atom stereocenters. The highest BCUT2D eigenvalue weighted by Gasteiger charge is 2.45. The van der Waals surface area contributed by atoms with Crippen molar-refractivity contribution in [2.24, 2.45) is 0 Å². The van der Waals surface area contributed by atoms with Crippen LogP contribution < -0.4 is 0 Å². The van der Waals surface area contributed by atoms with Gasteiger partial charge in [-0.05, 0) is 30.7 Å². The number of carbonyl (C=O) groups is 1. The molecule has 1 saturated carbocycles. The summed E-state index contributed by atoms with van der Waals surface area (Å²) >= 11 is 7.30. The van der Waals surface area contributed by atoms with Gasteiger partial charge in [-0.2, -0.15) is 0 Å². The lowest BCUT2D eigenvalue weighted by Gasteiger charge is -2.38. The van der Waals surface area contributed by atoms with Gasteiger partial charge >= 0.3 is 0 Å². The van der Waals surface area contributed by atoms with Gasteiger partial charge < -0.3 is 4.74 Å². The summed E-state index contributed by atoms with van der Waals surface area (Å²) in [7, 11) is 1.60. The molecule has 1 aromatic heterocycles. The summed E-state index contributed by atoms with van der Waals surface area (Å²) in [5.41, 5.74) is -0.575. The summed E-state index contributed by atoms with van der Waals surface area (Å²) in [6, 6.07) is 1.75. The van der Waals surface area contributed by atoms with Gasteiger partial charge in [0.2, 0.25) is 5.78 Å². The first-order valence-corrected chi connectivity index (χ1v) is 5.78. The number of ether oxygens (including phenoxy) is 1. The fourth-order valence-corrected chi connectivity index (χ4v) is 2.86. The van der Waals surface area contributed by atoms with E-state index in [1.165, 1.54) is 11.3 Å². The van der Waals surface area contributed by atoms with E-state index in [9.17, 15) is 4.79 Å². The fraction of sp³-hybridized carbons (Fsp3) is 0.500. The number of ketones is 1. The number of carbonyl (C=O) groups excluding carboxylic acids is 1. The van der Waals surface area contributed by atoms with E-state index in [0.29, 0.717) is 9.90 Å². The monoisotopic (exact) mass is 230 g/mol. The minimum atomic E-state index is -0.575. The third-order valence-corrected chi connectivity index (χ3v) is 4.13. The van der Waals surface area contributed by atoms with Gasteiger partial charge in [0, 0.05) is 7.11 Å². The van der Waals surface area contributed by atoms with Gasteiger partial charge in [0.15, 0.2) is 0 Å². The van der Waals surface area contributed by atoms with E-state index in [4.69, 9.17) is 16.3 Å². The van der Waals surface area contributed by atoms with Crippen molar-refractivity contribution in [3.8, 4) is 0 Å². The molecule has 0 saturated heterocycles. The summed E-state index contributed by atoms with van der Waals surface area (Å²) in [4.78, 5) is 12.7. The topological polar surface area (TPSA) is 26.3 Å². The molecule has 0 spiro atoms. The molecule has 0 unspecified atom stereocenters. The average Bonchev–Trinajstić information content (AvgIpc) is 2.50. The van der Waals surface area contributed by atoms with E-state index in [1.54, 1.807) is 13.2 Å². The van der Waals surface area contributed by atoms with Crippen LogP contribution in [0, 0.1) is 0 Å². The zero-order chi connectivity index (χ0) is 10.2. The lowest BCUT2D eigenvalue weighted by molar-refractivity contribution is -0.0445. The molecular weight excluding hydrogens is 220 g/mol. The Bertz CT molecular complexity index is 349. The van der Waals surface area contributed by atoms with Crippen molar-refractivity contribution in [3.63, 3.8) is 0 Å². The number of methoxy groups -OCH3 is 1. The second-order valence-electron chi connectivity index (χ2n) is 3.48. The van der Waals surface area contributed by atoms with Crippen molar-refractivity contribution in [1.82, 2.24) is 0 Å². The normalized spacial score (nSPS) is 19.0. The number of halogens is 1. The predicted octanol–water partition coefficient (Wildman–Crippen LogP) is 3.15. The van der Waals surface area contributed by atoms with Crippen molar-refractivity contribution in [1.29, 1.82) is 0 Å². The zero-order valence-electron chi connectivity index (χ0n) is 7.88. The van der Waals surface area contributed by atoms with E-state index < -0.39 is 5.60 Å². The van der Waals surface area contributed by atoms with E-state index in [1.807, 2.05) is 5.38 Å². The molecule has 2 rings (SSSR count). The van der Waals surface area contributed by atoms with Crippen LogP contribution in [0.5, 0.6) is 0 Å². The van der Waals surface area contributed by atoms with Crippen LogP contribution in [0.4, 0.5) is 0 Å². The summed E-state index contributed by atoms with van der Waals surface area (Å²) in [5.74, 6) is 0.0475. The summed E-state index contributed by atoms with van der Waals surface area (Å²) in [6.45, 7) is 0. The molecule has 0 aromatic carbocycles. The first-order chi connectivity index (χ1) is 6.69. The van der Waals surface area contributed by atoms with Crippen molar-refractivity contribution in [2.45, 2.75) is 24.9 Å². The second kappa shape index (κ2) is 3.65. The number of thiophene rings is 1. The molecule has 1 aliphatic rings. The van der Waals surface area contributed by atoms with E-state index in [0.717, 1.165) is 19.3 Å². The standard InChI is InChI=1S/C10H11ClO2S/c1-13-10(4-2-5-10)9(12)8-7(11)3-6-14-8/h3,6H,2,4-5H2,1H3. The Kier molecular flexibility index (Phi) is 2.64. The Morgan fingerprint density at radius 2 is 2.36 bits per heavy atom. The van der Waals surface area contributed by atoms with Crippen LogP contribution in [-0.4, -0.2) is 18.5 Å². The smallest absolute Gasteiger partial charge is 0.206 e. The number of hydrogen-bond donors (Lipinski definition) is 0. The Hall–Kier alpha value is -0.380. The van der Waals surface area contributed by atoms with Crippen LogP contribution in [0.3, 0.4) is 0 Å². The Balaban J connectivity index is 2.27. The first kappa shape index (κ1) is 10.1.